The number of hydrogen-bond donors (Lipinski definition) is 3. The molecule has 0 saturated carbocycles. The minimum Gasteiger partial charge on any atom is -0.504 e. The van der Waals surface area contributed by atoms with Crippen molar-refractivity contribution < 1.29 is 29.6 Å². The number of nitrogens with zero attached hydrogens (tertiary/aromatic N) is 2. The van der Waals surface area contributed by atoms with Gasteiger partial charge in [0.2, 0.25) is 0 Å². The molecule has 1 fully saturated rings. The van der Waals surface area contributed by atoms with Crippen molar-refractivity contribution in [3.05, 3.63) is 47.5 Å². The van der Waals surface area contributed by atoms with E-state index in [2.05, 4.69) is 13.8 Å². The summed E-state index contributed by atoms with van der Waals surface area (Å²) in [6.45, 7) is 7.17. The molecule has 2 amide bonds. The van der Waals surface area contributed by atoms with Gasteiger partial charge in [0.25, 0.3) is 11.8 Å². The van der Waals surface area contributed by atoms with Crippen LogP contribution in [0, 0.1) is 0 Å². The first kappa shape index (κ1) is 22.3. The number of benzene rings is 2. The van der Waals surface area contributed by atoms with Crippen LogP contribution in [0.5, 0.6) is 23.0 Å². The standard InChI is InChI=1S/C23H28N2O6/c1-14(2)17-6-4-5-7-20(17)31-15(3)22(29)24-8-10-25(11-9-24)23(30)16-12-18(26)21(28)19(27)13-16/h4-7,12-15,26-28H,8-11H2,1-3H3. The molecule has 0 aliphatic carbocycles. The van der Waals surface area contributed by atoms with Crippen molar-refractivity contribution in [1.82, 2.24) is 9.80 Å². The molecule has 1 saturated heterocycles. The first-order valence-electron chi connectivity index (χ1n) is 10.3. The molecule has 1 atom stereocenters. The topological polar surface area (TPSA) is 111 Å². The zero-order chi connectivity index (χ0) is 22.7. The molecule has 2 aromatic carbocycles. The van der Waals surface area contributed by atoms with Gasteiger partial charge in [-0.2, -0.15) is 0 Å². The SMILES string of the molecule is CC(Oc1ccccc1C(C)C)C(=O)N1CCN(C(=O)c2cc(O)c(O)c(O)c2)CC1. The van der Waals surface area contributed by atoms with E-state index in [1.54, 1.807) is 11.8 Å². The fourth-order valence-corrected chi connectivity index (χ4v) is 3.60. The number of piperazine rings is 1. The maximum absolute atomic E-state index is 12.9. The molecule has 1 heterocycles. The molecular weight excluding hydrogens is 400 g/mol. The second-order valence-electron chi connectivity index (χ2n) is 7.93. The number of para-hydroxylation sites is 1. The van der Waals surface area contributed by atoms with Crippen molar-refractivity contribution >= 4 is 11.8 Å². The predicted molar refractivity (Wildman–Crippen MR) is 115 cm³/mol. The number of carbonyl (C=O) groups excluding carboxylic acids is 2. The molecular formula is C23H28N2O6. The van der Waals surface area contributed by atoms with E-state index in [9.17, 15) is 24.9 Å². The second kappa shape index (κ2) is 9.16. The third-order valence-corrected chi connectivity index (χ3v) is 5.39. The van der Waals surface area contributed by atoms with Crippen molar-refractivity contribution in [3.63, 3.8) is 0 Å². The lowest BCUT2D eigenvalue weighted by Gasteiger charge is -2.36. The highest BCUT2D eigenvalue weighted by molar-refractivity contribution is 5.95. The van der Waals surface area contributed by atoms with Gasteiger partial charge in [0.1, 0.15) is 5.75 Å². The minimum atomic E-state index is -0.667. The first-order valence-corrected chi connectivity index (χ1v) is 10.3. The molecule has 3 rings (SSSR count). The minimum absolute atomic E-state index is 0.0644. The highest BCUT2D eigenvalue weighted by Gasteiger charge is 2.29. The van der Waals surface area contributed by atoms with Gasteiger partial charge >= 0.3 is 0 Å². The molecule has 1 aliphatic heterocycles. The quantitative estimate of drug-likeness (QED) is 0.632. The summed E-state index contributed by atoms with van der Waals surface area (Å²) in [5, 5.41) is 28.7. The van der Waals surface area contributed by atoms with Crippen LogP contribution < -0.4 is 4.74 Å². The number of hydrogen-bond acceptors (Lipinski definition) is 6. The number of carbonyl (C=O) groups is 2. The van der Waals surface area contributed by atoms with Crippen LogP contribution in [0.1, 0.15) is 42.6 Å². The van der Waals surface area contributed by atoms with E-state index in [0.717, 1.165) is 17.7 Å². The molecule has 1 aliphatic rings. The Labute approximate surface area is 181 Å². The van der Waals surface area contributed by atoms with Crippen LogP contribution in [-0.2, 0) is 4.79 Å². The monoisotopic (exact) mass is 428 g/mol. The van der Waals surface area contributed by atoms with Crippen LogP contribution in [0.3, 0.4) is 0 Å². The maximum Gasteiger partial charge on any atom is 0.263 e. The zero-order valence-electron chi connectivity index (χ0n) is 17.9. The van der Waals surface area contributed by atoms with Gasteiger partial charge in [-0.3, -0.25) is 9.59 Å². The van der Waals surface area contributed by atoms with E-state index in [1.807, 2.05) is 24.3 Å². The van der Waals surface area contributed by atoms with Gasteiger partial charge in [0.05, 0.1) is 0 Å². The number of ether oxygens (including phenoxy) is 1. The molecule has 2 aromatic rings. The number of rotatable bonds is 5. The van der Waals surface area contributed by atoms with E-state index < -0.39 is 29.3 Å². The molecule has 31 heavy (non-hydrogen) atoms. The maximum atomic E-state index is 12.9. The lowest BCUT2D eigenvalue weighted by molar-refractivity contribution is -0.139. The van der Waals surface area contributed by atoms with Gasteiger partial charge in [-0.05, 0) is 36.6 Å². The molecule has 8 heteroatoms. The van der Waals surface area contributed by atoms with Gasteiger partial charge in [0, 0.05) is 31.7 Å². The first-order chi connectivity index (χ1) is 14.7. The summed E-state index contributed by atoms with van der Waals surface area (Å²) in [4.78, 5) is 28.7. The lowest BCUT2D eigenvalue weighted by Crippen LogP contribution is -2.53. The van der Waals surface area contributed by atoms with Crippen LogP contribution in [-0.4, -0.2) is 69.2 Å². The number of phenols is 3. The fraction of sp³-hybridized carbons (Fsp3) is 0.391. The summed E-state index contributed by atoms with van der Waals surface area (Å²) in [5.74, 6) is -1.38. The predicted octanol–water partition coefficient (Wildman–Crippen LogP) is 2.68. The van der Waals surface area contributed by atoms with Gasteiger partial charge < -0.3 is 29.9 Å². The highest BCUT2D eigenvalue weighted by Crippen LogP contribution is 2.35. The van der Waals surface area contributed by atoms with E-state index in [-0.39, 0.29) is 17.4 Å². The van der Waals surface area contributed by atoms with Crippen LogP contribution in [0.15, 0.2) is 36.4 Å². The summed E-state index contributed by atoms with van der Waals surface area (Å²) >= 11 is 0. The van der Waals surface area contributed by atoms with Crippen LogP contribution in [0.2, 0.25) is 0 Å². The molecule has 3 N–H and O–H groups in total. The third kappa shape index (κ3) is 4.84. The van der Waals surface area contributed by atoms with Crippen LogP contribution >= 0.6 is 0 Å². The Morgan fingerprint density at radius 1 is 0.903 bits per heavy atom. The van der Waals surface area contributed by atoms with E-state index in [4.69, 9.17) is 4.74 Å². The van der Waals surface area contributed by atoms with Gasteiger partial charge in [-0.25, -0.2) is 0 Å². The molecule has 166 valence electrons. The van der Waals surface area contributed by atoms with Crippen molar-refractivity contribution in [2.24, 2.45) is 0 Å². The average Bonchev–Trinajstić information content (AvgIpc) is 2.76. The Morgan fingerprint density at radius 2 is 1.45 bits per heavy atom. The van der Waals surface area contributed by atoms with Gasteiger partial charge in [0.15, 0.2) is 23.4 Å². The van der Waals surface area contributed by atoms with Crippen molar-refractivity contribution in [2.75, 3.05) is 26.2 Å². The normalized spacial score (nSPS) is 15.1. The van der Waals surface area contributed by atoms with Crippen molar-refractivity contribution in [1.29, 1.82) is 0 Å². The van der Waals surface area contributed by atoms with Crippen molar-refractivity contribution in [2.45, 2.75) is 32.8 Å². The number of phenolic OH excluding ortho intramolecular Hbond substituents is 3. The second-order valence-corrected chi connectivity index (χ2v) is 7.93. The van der Waals surface area contributed by atoms with E-state index in [0.29, 0.717) is 31.9 Å². The Balaban J connectivity index is 1.60. The molecule has 8 nitrogen and oxygen atoms in total. The summed E-state index contributed by atoms with van der Waals surface area (Å²) < 4.78 is 5.95. The van der Waals surface area contributed by atoms with Crippen LogP contribution in [0.4, 0.5) is 0 Å². The summed E-state index contributed by atoms with van der Waals surface area (Å²) in [6, 6.07) is 9.88. The molecule has 0 aromatic heterocycles. The van der Waals surface area contributed by atoms with Gasteiger partial charge in [-0.15, -0.1) is 0 Å². The molecule has 1 unspecified atom stereocenters. The Bertz CT molecular complexity index is 943. The lowest BCUT2D eigenvalue weighted by atomic mass is 10.0. The zero-order valence-corrected chi connectivity index (χ0v) is 17.9. The Kier molecular flexibility index (Phi) is 6.58. The smallest absolute Gasteiger partial charge is 0.263 e. The molecule has 0 bridgehead atoms. The summed E-state index contributed by atoms with van der Waals surface area (Å²) in [5.41, 5.74) is 1.10. The Hall–Kier alpha value is -3.42. The molecule has 0 radical (unpaired) electrons. The summed E-state index contributed by atoms with van der Waals surface area (Å²) in [7, 11) is 0. The Morgan fingerprint density at radius 3 is 2.03 bits per heavy atom. The largest absolute Gasteiger partial charge is 0.504 e. The van der Waals surface area contributed by atoms with E-state index >= 15 is 0 Å². The number of aromatic hydroxyl groups is 3. The number of amides is 2. The van der Waals surface area contributed by atoms with Crippen molar-refractivity contribution in [3.8, 4) is 23.0 Å². The highest BCUT2D eigenvalue weighted by atomic mass is 16.5. The van der Waals surface area contributed by atoms with Crippen LogP contribution in [0.25, 0.3) is 0 Å². The summed E-state index contributed by atoms with van der Waals surface area (Å²) in [6.07, 6.45) is -0.659. The van der Waals surface area contributed by atoms with Gasteiger partial charge in [-0.1, -0.05) is 32.0 Å². The average molecular weight is 428 g/mol. The fourth-order valence-electron chi connectivity index (χ4n) is 3.60. The third-order valence-electron chi connectivity index (χ3n) is 5.39. The van der Waals surface area contributed by atoms with E-state index in [1.165, 1.54) is 4.90 Å². The molecule has 0 spiro atoms.